The molecule has 11 nitrogen and oxygen atoms in total. The van der Waals surface area contributed by atoms with Crippen molar-refractivity contribution < 1.29 is 33.4 Å². The molecule has 1 aliphatic carbocycles. The Hall–Kier alpha value is -5.59. The van der Waals surface area contributed by atoms with Crippen molar-refractivity contribution in [3.05, 3.63) is 124 Å². The summed E-state index contributed by atoms with van der Waals surface area (Å²) in [6.45, 7) is 6.06. The molecule has 4 saturated heterocycles. The van der Waals surface area contributed by atoms with E-state index in [1.807, 2.05) is 17.0 Å². The van der Waals surface area contributed by atoms with Gasteiger partial charge in [-0.3, -0.25) is 39.2 Å². The molecular weight excluding hydrogens is 762 g/mol. The molecule has 5 aliphatic heterocycles. The van der Waals surface area contributed by atoms with Crippen LogP contribution < -0.4 is 15.0 Å². The first-order valence-electron chi connectivity index (χ1n) is 21.6. The maximum atomic E-state index is 15.6. The van der Waals surface area contributed by atoms with E-state index >= 15 is 4.39 Å². The van der Waals surface area contributed by atoms with Crippen molar-refractivity contribution in [2.45, 2.75) is 74.9 Å². The van der Waals surface area contributed by atoms with Crippen molar-refractivity contribution in [1.82, 2.24) is 20.0 Å². The number of benzene rings is 4. The van der Waals surface area contributed by atoms with E-state index in [-0.39, 0.29) is 35.9 Å². The van der Waals surface area contributed by atoms with Crippen LogP contribution in [0.5, 0.6) is 11.5 Å². The fourth-order valence-corrected chi connectivity index (χ4v) is 11.0. The molecule has 0 saturated carbocycles. The zero-order chi connectivity index (χ0) is 41.1. The van der Waals surface area contributed by atoms with E-state index in [2.05, 4.69) is 75.8 Å². The largest absolute Gasteiger partial charge is 0.508 e. The summed E-state index contributed by atoms with van der Waals surface area (Å²) in [5.74, 6) is -0.627. The van der Waals surface area contributed by atoms with E-state index in [0.717, 1.165) is 81.5 Å². The van der Waals surface area contributed by atoms with E-state index in [0.29, 0.717) is 42.5 Å². The number of piperazine rings is 1. The third kappa shape index (κ3) is 7.13. The predicted molar refractivity (Wildman–Crippen MR) is 223 cm³/mol. The van der Waals surface area contributed by atoms with Gasteiger partial charge >= 0.3 is 0 Å². The monoisotopic (exact) mass is 811 g/mol. The highest BCUT2D eigenvalue weighted by Gasteiger charge is 2.48. The second-order valence-electron chi connectivity index (χ2n) is 17.6. The van der Waals surface area contributed by atoms with Gasteiger partial charge in [-0.15, -0.1) is 0 Å². The number of nitrogens with one attached hydrogen (secondary N) is 1. The number of amides is 4. The number of anilines is 1. The second-order valence-corrected chi connectivity index (χ2v) is 17.6. The highest BCUT2D eigenvalue weighted by atomic mass is 19.1. The van der Waals surface area contributed by atoms with Gasteiger partial charge in [-0.2, -0.15) is 0 Å². The minimum absolute atomic E-state index is 0.0315. The number of phenolic OH excluding ortho intramolecular Hbond substituents is 1. The Balaban J connectivity index is 0.698. The predicted octanol–water partition coefficient (Wildman–Crippen LogP) is 5.85. The van der Waals surface area contributed by atoms with Crippen molar-refractivity contribution in [2.24, 2.45) is 5.92 Å². The van der Waals surface area contributed by atoms with E-state index in [4.69, 9.17) is 4.74 Å². The van der Waals surface area contributed by atoms with E-state index in [1.165, 1.54) is 28.3 Å². The van der Waals surface area contributed by atoms with Crippen LogP contribution >= 0.6 is 0 Å². The summed E-state index contributed by atoms with van der Waals surface area (Å²) in [6, 6.07) is 27.2. The first-order valence-corrected chi connectivity index (χ1v) is 21.6. The number of halogens is 1. The summed E-state index contributed by atoms with van der Waals surface area (Å²) in [5, 5.41) is 12.4. The molecule has 2 bridgehead atoms. The molecule has 0 radical (unpaired) electrons. The maximum Gasteiger partial charge on any atom is 0.262 e. The number of phenols is 1. The Morgan fingerprint density at radius 1 is 0.783 bits per heavy atom. The van der Waals surface area contributed by atoms with Crippen LogP contribution in [0.3, 0.4) is 0 Å². The van der Waals surface area contributed by atoms with E-state index in [9.17, 15) is 24.3 Å². The lowest BCUT2D eigenvalue weighted by Crippen LogP contribution is -2.54. The van der Waals surface area contributed by atoms with Gasteiger partial charge in [-0.25, -0.2) is 4.39 Å². The molecule has 5 heterocycles. The van der Waals surface area contributed by atoms with Crippen molar-refractivity contribution >= 4 is 29.3 Å². The standard InChI is InChI=1S/C48H50FN5O6/c49-41-24-39-40(48(59)54(47(39)58)42-14-15-44(56)50-46(42)57)25-43(41)53-28-33-23-34(53)27-52(33)26-29-16-18-51(19-17-29)20-21-60-36-10-6-31(7-11-36)45-37(30-4-2-1-3-5-30)12-8-32-22-35(55)9-13-38(32)45/h1-7,9-11,13,22,24-25,29,33-34,37,42,45,55H,8,12,14-21,23,26-28H2,(H,50,56,57)/t33?,34?,37-,42?,45+/m1/s1. The molecule has 4 fully saturated rings. The van der Waals surface area contributed by atoms with Gasteiger partial charge in [0.2, 0.25) is 11.8 Å². The number of ether oxygens (including phenoxy) is 1. The molecule has 4 aromatic carbocycles. The molecule has 4 aromatic rings. The van der Waals surface area contributed by atoms with Gasteiger partial charge < -0.3 is 14.7 Å². The number of fused-ring (bicyclic) bond motifs is 4. The number of carbonyl (C=O) groups excluding carboxylic acids is 4. The number of aryl methyl sites for hydroxylation is 1. The van der Waals surface area contributed by atoms with Crippen LogP contribution in [0.4, 0.5) is 10.1 Å². The highest BCUT2D eigenvalue weighted by molar-refractivity contribution is 6.23. The normalized spacial score (nSPS) is 25.8. The third-order valence-electron chi connectivity index (χ3n) is 14.1. The highest BCUT2D eigenvalue weighted by Crippen LogP contribution is 2.47. The molecular formula is C48H50FN5O6. The van der Waals surface area contributed by atoms with Crippen molar-refractivity contribution in [3.8, 4) is 11.5 Å². The minimum atomic E-state index is -1.08. The van der Waals surface area contributed by atoms with E-state index < -0.39 is 35.5 Å². The number of hydrogen-bond donors (Lipinski definition) is 2. The van der Waals surface area contributed by atoms with Gasteiger partial charge in [0.05, 0.1) is 16.8 Å². The number of piperidine rings is 2. The fourth-order valence-electron chi connectivity index (χ4n) is 11.0. The maximum absolute atomic E-state index is 15.6. The molecule has 4 amide bonds. The van der Waals surface area contributed by atoms with Gasteiger partial charge in [0.1, 0.15) is 30.0 Å². The van der Waals surface area contributed by atoms with Gasteiger partial charge in [-0.1, -0.05) is 48.5 Å². The summed E-state index contributed by atoms with van der Waals surface area (Å²) in [7, 11) is 0. The van der Waals surface area contributed by atoms with Crippen molar-refractivity contribution in [2.75, 3.05) is 50.8 Å². The smallest absolute Gasteiger partial charge is 0.262 e. The molecule has 10 rings (SSSR count). The molecule has 60 heavy (non-hydrogen) atoms. The number of aromatic hydroxyl groups is 1. The summed E-state index contributed by atoms with van der Waals surface area (Å²) < 4.78 is 21.9. The topological polar surface area (TPSA) is 123 Å². The Bertz CT molecular complexity index is 2330. The lowest BCUT2D eigenvalue weighted by Gasteiger charge is -2.39. The van der Waals surface area contributed by atoms with Gasteiger partial charge in [0.25, 0.3) is 11.8 Å². The molecule has 6 aliphatic rings. The lowest BCUT2D eigenvalue weighted by molar-refractivity contribution is -0.136. The second kappa shape index (κ2) is 15.8. The number of nitrogens with zero attached hydrogens (tertiary/aromatic N) is 4. The Morgan fingerprint density at radius 2 is 1.55 bits per heavy atom. The van der Waals surface area contributed by atoms with Gasteiger partial charge in [0, 0.05) is 50.6 Å². The Labute approximate surface area is 349 Å². The SMILES string of the molecule is O=C1CCC(N2C(=O)c3cc(F)c(N4CC5CC4CN5CC4CCN(CCOc5ccc([C@@H]6c7ccc(O)cc7CC[C@@H]6c6ccccc6)cc5)CC4)cc3C2=O)C(=O)N1. The van der Waals surface area contributed by atoms with Crippen LogP contribution in [0.1, 0.15) is 93.3 Å². The Kier molecular flexibility index (Phi) is 10.2. The Morgan fingerprint density at radius 3 is 2.28 bits per heavy atom. The van der Waals surface area contributed by atoms with Crippen LogP contribution in [0, 0.1) is 11.7 Å². The molecule has 310 valence electrons. The van der Waals surface area contributed by atoms with Crippen LogP contribution in [0.15, 0.2) is 84.9 Å². The fraction of sp³-hybridized carbons (Fsp3) is 0.417. The number of carbonyl (C=O) groups is 4. The molecule has 0 aromatic heterocycles. The lowest BCUT2D eigenvalue weighted by atomic mass is 9.69. The number of rotatable bonds is 10. The van der Waals surface area contributed by atoms with Crippen molar-refractivity contribution in [3.63, 3.8) is 0 Å². The number of imide groups is 2. The van der Waals surface area contributed by atoms with Gasteiger partial charge in [0.15, 0.2) is 0 Å². The zero-order valence-electron chi connectivity index (χ0n) is 33.6. The third-order valence-corrected chi connectivity index (χ3v) is 14.1. The molecule has 12 heteroatoms. The molecule has 3 unspecified atom stereocenters. The summed E-state index contributed by atoms with van der Waals surface area (Å²) >= 11 is 0. The quantitative estimate of drug-likeness (QED) is 0.190. The minimum Gasteiger partial charge on any atom is -0.508 e. The molecule has 5 atom stereocenters. The molecule has 2 N–H and O–H groups in total. The number of hydrogen-bond acceptors (Lipinski definition) is 9. The van der Waals surface area contributed by atoms with E-state index in [1.54, 1.807) is 0 Å². The van der Waals surface area contributed by atoms with Crippen LogP contribution in [-0.2, 0) is 16.0 Å². The van der Waals surface area contributed by atoms with Crippen molar-refractivity contribution in [1.29, 1.82) is 0 Å². The van der Waals surface area contributed by atoms with Gasteiger partial charge in [-0.05, 0) is 122 Å². The summed E-state index contributed by atoms with van der Waals surface area (Å²) in [6.07, 6.45) is 5.23. The summed E-state index contributed by atoms with van der Waals surface area (Å²) in [5.41, 5.74) is 5.51. The first-order chi connectivity index (χ1) is 29.2. The molecule has 0 spiro atoms. The average molecular weight is 812 g/mol. The first kappa shape index (κ1) is 38.6. The van der Waals surface area contributed by atoms with Crippen LogP contribution in [0.25, 0.3) is 0 Å². The summed E-state index contributed by atoms with van der Waals surface area (Å²) in [4.78, 5) is 58.7. The number of likely N-dealkylation sites (tertiary alicyclic amines) is 2. The average Bonchev–Trinajstić information content (AvgIpc) is 3.92. The van der Waals surface area contributed by atoms with Crippen LogP contribution in [-0.4, -0.2) is 107 Å². The zero-order valence-corrected chi connectivity index (χ0v) is 33.6. The van der Waals surface area contributed by atoms with Crippen LogP contribution in [0.2, 0.25) is 0 Å².